The Morgan fingerprint density at radius 2 is 1.78 bits per heavy atom. The fourth-order valence-electron chi connectivity index (χ4n) is 3.90. The highest BCUT2D eigenvalue weighted by Gasteiger charge is 2.31. The Labute approximate surface area is 220 Å². The van der Waals surface area contributed by atoms with Gasteiger partial charge >= 0.3 is 12.1 Å². The van der Waals surface area contributed by atoms with Gasteiger partial charge in [0.2, 0.25) is 6.73 Å². The summed E-state index contributed by atoms with van der Waals surface area (Å²) in [6.07, 6.45) is 9.46. The van der Waals surface area contributed by atoms with E-state index in [-0.39, 0.29) is 19.3 Å². The molecule has 2 heterocycles. The van der Waals surface area contributed by atoms with Gasteiger partial charge in [0, 0.05) is 18.4 Å². The minimum Gasteiger partial charge on any atom is -0.475 e. The largest absolute Gasteiger partial charge is 0.512 e. The Hall–Kier alpha value is -2.20. The van der Waals surface area contributed by atoms with Crippen LogP contribution in [0.4, 0.5) is 4.79 Å². The van der Waals surface area contributed by atoms with Gasteiger partial charge in [-0.3, -0.25) is 9.28 Å². The molecule has 1 aromatic heterocycles. The lowest BCUT2D eigenvalue weighted by atomic mass is 10.1. The van der Waals surface area contributed by atoms with Crippen LogP contribution in [0.2, 0.25) is 0 Å². The molecular formula is C26H44N3O6S+. The number of unbranched alkanes of at least 4 members (excludes halogenated alkanes) is 5. The summed E-state index contributed by atoms with van der Waals surface area (Å²) in [6, 6.07) is 0. The van der Waals surface area contributed by atoms with E-state index in [0.29, 0.717) is 42.8 Å². The Kier molecular flexibility index (Phi) is 12.6. The summed E-state index contributed by atoms with van der Waals surface area (Å²) in [7, 11) is 2.06. The molecule has 0 aromatic carbocycles. The highest BCUT2D eigenvalue weighted by Crippen LogP contribution is 2.30. The summed E-state index contributed by atoms with van der Waals surface area (Å²) < 4.78 is 31.2. The van der Waals surface area contributed by atoms with Crippen molar-refractivity contribution in [3.8, 4) is 5.88 Å². The van der Waals surface area contributed by atoms with Crippen molar-refractivity contribution >= 4 is 29.4 Å². The first-order valence-electron chi connectivity index (χ1n) is 13.1. The number of likely N-dealkylation sites (N-methyl/N-ethyl adjacent to an activating group) is 1. The monoisotopic (exact) mass is 526 g/mol. The molecule has 1 aromatic rings. The lowest BCUT2D eigenvalue weighted by Gasteiger charge is -2.36. The maximum atomic E-state index is 12.1. The van der Waals surface area contributed by atoms with Gasteiger partial charge < -0.3 is 18.9 Å². The number of aromatic nitrogens is 2. The van der Waals surface area contributed by atoms with E-state index in [1.165, 1.54) is 12.8 Å². The third kappa shape index (κ3) is 11.7. The summed E-state index contributed by atoms with van der Waals surface area (Å²) in [5.41, 5.74) is 1.41. The molecular weight excluding hydrogens is 482 g/mol. The average Bonchev–Trinajstić information content (AvgIpc) is 3.27. The van der Waals surface area contributed by atoms with Crippen molar-refractivity contribution < 1.29 is 33.0 Å². The van der Waals surface area contributed by atoms with E-state index in [9.17, 15) is 9.59 Å². The molecule has 0 fully saturated rings. The summed E-state index contributed by atoms with van der Waals surface area (Å²) >= 11 is 1.16. The van der Waals surface area contributed by atoms with Crippen LogP contribution in [0.15, 0.2) is 6.08 Å². The molecule has 1 unspecified atom stereocenters. The van der Waals surface area contributed by atoms with E-state index in [1.807, 2.05) is 20.8 Å². The first-order valence-corrected chi connectivity index (χ1v) is 13.8. The number of hydrogen-bond acceptors (Lipinski definition) is 9. The Morgan fingerprint density at radius 1 is 1.03 bits per heavy atom. The molecule has 36 heavy (non-hydrogen) atoms. The third-order valence-corrected chi connectivity index (χ3v) is 6.28. The second-order valence-electron chi connectivity index (χ2n) is 10.6. The molecule has 204 valence electrons. The second kappa shape index (κ2) is 15.1. The SMILES string of the molecule is CCCCCCOc1nsnc1C1=CCC[N+](C)(COC(=O)OCCCCCC(=O)OC(C)(C)C)C1. The van der Waals surface area contributed by atoms with Crippen molar-refractivity contribution in [1.82, 2.24) is 8.75 Å². The number of ether oxygens (including phenoxy) is 4. The lowest BCUT2D eigenvalue weighted by molar-refractivity contribution is -0.919. The van der Waals surface area contributed by atoms with Gasteiger partial charge in [-0.1, -0.05) is 32.3 Å². The predicted molar refractivity (Wildman–Crippen MR) is 140 cm³/mol. The molecule has 0 N–H and O–H groups in total. The zero-order valence-electron chi connectivity index (χ0n) is 22.7. The van der Waals surface area contributed by atoms with Crippen molar-refractivity contribution in [2.45, 2.75) is 91.1 Å². The van der Waals surface area contributed by atoms with Crippen LogP contribution in [-0.4, -0.2) is 71.0 Å². The quantitative estimate of drug-likeness (QED) is 0.162. The van der Waals surface area contributed by atoms with Crippen LogP contribution in [0, 0.1) is 0 Å². The van der Waals surface area contributed by atoms with E-state index in [1.54, 1.807) is 0 Å². The smallest absolute Gasteiger partial charge is 0.475 e. The van der Waals surface area contributed by atoms with Gasteiger partial charge in [-0.25, -0.2) is 4.79 Å². The molecule has 1 atom stereocenters. The maximum absolute atomic E-state index is 12.1. The Morgan fingerprint density at radius 3 is 2.53 bits per heavy atom. The Balaban J connectivity index is 1.67. The molecule has 0 radical (unpaired) electrons. The average molecular weight is 527 g/mol. The van der Waals surface area contributed by atoms with Gasteiger partial charge in [-0.2, -0.15) is 4.37 Å². The van der Waals surface area contributed by atoms with Crippen molar-refractivity contribution in [1.29, 1.82) is 0 Å². The fourth-order valence-corrected chi connectivity index (χ4v) is 4.43. The van der Waals surface area contributed by atoms with Gasteiger partial charge in [-0.15, -0.1) is 4.37 Å². The zero-order valence-corrected chi connectivity index (χ0v) is 23.5. The van der Waals surface area contributed by atoms with Gasteiger partial charge in [-0.05, 0) is 46.5 Å². The molecule has 0 saturated heterocycles. The number of carbonyl (C=O) groups is 2. The van der Waals surface area contributed by atoms with Crippen molar-refractivity contribution in [3.63, 3.8) is 0 Å². The van der Waals surface area contributed by atoms with Crippen LogP contribution in [0.5, 0.6) is 5.88 Å². The summed E-state index contributed by atoms with van der Waals surface area (Å²) in [6.45, 7) is 10.4. The number of hydrogen-bond donors (Lipinski definition) is 0. The number of esters is 1. The molecule has 0 amide bonds. The number of carbonyl (C=O) groups excluding carboxylic acids is 2. The van der Waals surface area contributed by atoms with E-state index in [0.717, 1.165) is 55.2 Å². The minimum atomic E-state index is -0.663. The summed E-state index contributed by atoms with van der Waals surface area (Å²) in [5.74, 6) is 0.400. The minimum absolute atomic E-state index is 0.200. The van der Waals surface area contributed by atoms with Crippen molar-refractivity contribution in [3.05, 3.63) is 11.8 Å². The molecule has 0 bridgehead atoms. The molecule has 0 saturated carbocycles. The van der Waals surface area contributed by atoms with E-state index in [4.69, 9.17) is 18.9 Å². The number of quaternary nitrogens is 1. The van der Waals surface area contributed by atoms with Gasteiger partial charge in [0.05, 0.1) is 38.5 Å². The predicted octanol–water partition coefficient (Wildman–Crippen LogP) is 5.74. The molecule has 1 aliphatic heterocycles. The lowest BCUT2D eigenvalue weighted by Crippen LogP contribution is -2.49. The first kappa shape index (κ1) is 30.0. The van der Waals surface area contributed by atoms with Gasteiger partial charge in [0.1, 0.15) is 17.8 Å². The zero-order chi connectivity index (χ0) is 26.4. The normalized spacial score (nSPS) is 17.9. The molecule has 9 nitrogen and oxygen atoms in total. The second-order valence-corrected chi connectivity index (χ2v) is 11.1. The highest BCUT2D eigenvalue weighted by molar-refractivity contribution is 6.99. The Bertz CT molecular complexity index is 851. The first-order chi connectivity index (χ1) is 17.1. The molecule has 0 aliphatic carbocycles. The summed E-state index contributed by atoms with van der Waals surface area (Å²) in [5, 5.41) is 0. The maximum Gasteiger partial charge on any atom is 0.512 e. The highest BCUT2D eigenvalue weighted by atomic mass is 32.1. The van der Waals surface area contributed by atoms with Crippen LogP contribution in [0.3, 0.4) is 0 Å². The topological polar surface area (TPSA) is 96.8 Å². The van der Waals surface area contributed by atoms with Crippen LogP contribution in [0.25, 0.3) is 5.57 Å². The fraction of sp³-hybridized carbons (Fsp3) is 0.769. The van der Waals surface area contributed by atoms with Crippen LogP contribution >= 0.6 is 11.7 Å². The van der Waals surface area contributed by atoms with E-state index < -0.39 is 11.8 Å². The molecule has 1 aliphatic rings. The van der Waals surface area contributed by atoms with Crippen LogP contribution < -0.4 is 4.74 Å². The number of rotatable bonds is 15. The van der Waals surface area contributed by atoms with Crippen molar-refractivity contribution in [2.75, 3.05) is 40.1 Å². The molecule has 10 heteroatoms. The van der Waals surface area contributed by atoms with Crippen LogP contribution in [-0.2, 0) is 19.0 Å². The molecule has 0 spiro atoms. The standard InChI is InChI=1S/C26H44N3O6S/c1-6-7-8-11-17-32-24-23(27-36-28-24)21-14-13-16-29(5,19-21)20-34-25(31)33-18-12-9-10-15-22(30)35-26(2,3)4/h14H,6-13,15-20H2,1-5H3/q+1. The molecule has 2 rings (SSSR count). The third-order valence-electron chi connectivity index (χ3n) is 5.77. The summed E-state index contributed by atoms with van der Waals surface area (Å²) in [4.78, 5) is 23.8. The van der Waals surface area contributed by atoms with E-state index >= 15 is 0 Å². The van der Waals surface area contributed by atoms with Crippen LogP contribution in [0.1, 0.15) is 91.2 Å². The van der Waals surface area contributed by atoms with Gasteiger partial charge in [0.25, 0.3) is 5.88 Å². The number of nitrogens with zero attached hydrogens (tertiary/aromatic N) is 3. The van der Waals surface area contributed by atoms with Gasteiger partial charge in [0.15, 0.2) is 0 Å². The van der Waals surface area contributed by atoms with Crippen molar-refractivity contribution in [2.24, 2.45) is 0 Å². The van der Waals surface area contributed by atoms with E-state index in [2.05, 4.69) is 28.8 Å².